The molecule has 5 rings (SSSR count). The molecule has 3 N–H and O–H groups in total. The van der Waals surface area contributed by atoms with Crippen LogP contribution in [0.15, 0.2) is 78.9 Å². The average molecular weight is 421 g/mol. The molecule has 3 aromatic carbocycles. The van der Waals surface area contributed by atoms with E-state index in [0.717, 1.165) is 16.6 Å². The number of H-pyrrole nitrogens is 1. The summed E-state index contributed by atoms with van der Waals surface area (Å²) in [5.41, 5.74) is 9.76. The summed E-state index contributed by atoms with van der Waals surface area (Å²) in [7, 11) is 0. The predicted octanol–water partition coefficient (Wildman–Crippen LogP) is 4.16. The quantitative estimate of drug-likeness (QED) is 0.381. The maximum Gasteiger partial charge on any atom is 0.290 e. The highest BCUT2D eigenvalue weighted by Gasteiger charge is 2.17. The van der Waals surface area contributed by atoms with E-state index in [4.69, 9.17) is 4.98 Å². The minimum absolute atomic E-state index is 0.209. The van der Waals surface area contributed by atoms with E-state index in [0.29, 0.717) is 27.5 Å². The summed E-state index contributed by atoms with van der Waals surface area (Å²) >= 11 is 0. The molecule has 2 heterocycles. The maximum absolute atomic E-state index is 13.1. The molecular formula is C25H19N5O2. The smallest absolute Gasteiger partial charge is 0.277 e. The lowest BCUT2D eigenvalue weighted by Gasteiger charge is -2.11. The number of nitrogens with one attached hydrogen (secondary N) is 3. The number of hydrazine groups is 1. The van der Waals surface area contributed by atoms with Crippen LogP contribution in [0.5, 0.6) is 0 Å². The monoisotopic (exact) mass is 421 g/mol. The zero-order valence-electron chi connectivity index (χ0n) is 17.2. The summed E-state index contributed by atoms with van der Waals surface area (Å²) in [5.74, 6) is -0.946. The van der Waals surface area contributed by atoms with Crippen molar-refractivity contribution >= 4 is 33.6 Å². The van der Waals surface area contributed by atoms with E-state index in [-0.39, 0.29) is 5.69 Å². The number of carbonyl (C=O) groups excluding carboxylic acids is 2. The zero-order chi connectivity index (χ0) is 22.1. The fourth-order valence-electron chi connectivity index (χ4n) is 3.61. The second kappa shape index (κ2) is 7.96. The van der Waals surface area contributed by atoms with Crippen LogP contribution in [0.25, 0.3) is 33.1 Å². The van der Waals surface area contributed by atoms with Crippen molar-refractivity contribution in [1.29, 1.82) is 0 Å². The lowest BCUT2D eigenvalue weighted by atomic mass is 10.0. The van der Waals surface area contributed by atoms with E-state index in [1.54, 1.807) is 12.1 Å². The molecule has 2 aromatic heterocycles. The van der Waals surface area contributed by atoms with Crippen LogP contribution in [-0.2, 0) is 0 Å². The molecule has 7 heteroatoms. The first-order valence-corrected chi connectivity index (χ1v) is 10.1. The van der Waals surface area contributed by atoms with Gasteiger partial charge in [-0.25, -0.2) is 4.98 Å². The molecule has 0 spiro atoms. The fourth-order valence-corrected chi connectivity index (χ4v) is 3.61. The van der Waals surface area contributed by atoms with Gasteiger partial charge in [0.05, 0.1) is 22.3 Å². The van der Waals surface area contributed by atoms with E-state index in [9.17, 15) is 9.59 Å². The number of hydrogen-bond acceptors (Lipinski definition) is 4. The van der Waals surface area contributed by atoms with Crippen molar-refractivity contribution in [2.45, 2.75) is 6.92 Å². The van der Waals surface area contributed by atoms with Gasteiger partial charge in [0, 0.05) is 16.3 Å². The van der Waals surface area contributed by atoms with Gasteiger partial charge in [-0.3, -0.25) is 25.5 Å². The van der Waals surface area contributed by atoms with Crippen LogP contribution in [-0.4, -0.2) is 27.0 Å². The van der Waals surface area contributed by atoms with Crippen molar-refractivity contribution in [2.75, 3.05) is 0 Å². The maximum atomic E-state index is 13.1. The third-order valence-corrected chi connectivity index (χ3v) is 5.28. The van der Waals surface area contributed by atoms with Crippen molar-refractivity contribution in [1.82, 2.24) is 26.0 Å². The standard InChI is InChI=1S/C25H19N5O2/c1-15-10-12-16(13-11-15)22-14-19(17-6-2-4-8-20(17)26-22)24(31)29-30-25(32)23-18-7-3-5-9-21(18)27-28-23/h2-14H,1H3,(H,27,28)(H,29,31)(H,30,32). The summed E-state index contributed by atoms with van der Waals surface area (Å²) in [6.45, 7) is 2.02. The molecule has 0 aliphatic heterocycles. The first-order valence-electron chi connectivity index (χ1n) is 10.1. The summed E-state index contributed by atoms with van der Waals surface area (Å²) in [5, 5.41) is 8.24. The second-order valence-corrected chi connectivity index (χ2v) is 7.46. The minimum Gasteiger partial charge on any atom is -0.277 e. The second-order valence-electron chi connectivity index (χ2n) is 7.46. The molecular weight excluding hydrogens is 402 g/mol. The molecule has 32 heavy (non-hydrogen) atoms. The Bertz CT molecular complexity index is 1470. The number of para-hydroxylation sites is 2. The Morgan fingerprint density at radius 3 is 2.31 bits per heavy atom. The Kier molecular flexibility index (Phi) is 4.84. The lowest BCUT2D eigenvalue weighted by molar-refractivity contribution is 0.0845. The Morgan fingerprint density at radius 1 is 0.812 bits per heavy atom. The summed E-state index contributed by atoms with van der Waals surface area (Å²) in [6.07, 6.45) is 0. The highest BCUT2D eigenvalue weighted by atomic mass is 16.2. The molecule has 5 aromatic rings. The van der Waals surface area contributed by atoms with Crippen molar-refractivity contribution < 1.29 is 9.59 Å². The van der Waals surface area contributed by atoms with Crippen LogP contribution in [0.4, 0.5) is 0 Å². The van der Waals surface area contributed by atoms with Gasteiger partial charge in [-0.05, 0) is 25.1 Å². The molecule has 0 aliphatic carbocycles. The molecule has 0 saturated carbocycles. The van der Waals surface area contributed by atoms with Crippen LogP contribution in [0.2, 0.25) is 0 Å². The van der Waals surface area contributed by atoms with E-state index in [1.165, 1.54) is 0 Å². The largest absolute Gasteiger partial charge is 0.290 e. The molecule has 0 bridgehead atoms. The van der Waals surface area contributed by atoms with Gasteiger partial charge in [-0.1, -0.05) is 66.2 Å². The zero-order valence-corrected chi connectivity index (χ0v) is 17.2. The van der Waals surface area contributed by atoms with Gasteiger partial charge < -0.3 is 0 Å². The average Bonchev–Trinajstić information content (AvgIpc) is 3.26. The Balaban J connectivity index is 1.45. The number of aromatic nitrogens is 3. The van der Waals surface area contributed by atoms with E-state index in [2.05, 4.69) is 21.0 Å². The first kappa shape index (κ1) is 19.4. The first-order chi connectivity index (χ1) is 15.6. The number of aromatic amines is 1. The third-order valence-electron chi connectivity index (χ3n) is 5.28. The highest BCUT2D eigenvalue weighted by Crippen LogP contribution is 2.25. The van der Waals surface area contributed by atoms with Crippen molar-refractivity contribution in [3.63, 3.8) is 0 Å². The Labute approximate surface area is 183 Å². The van der Waals surface area contributed by atoms with E-state index in [1.807, 2.05) is 73.7 Å². The number of rotatable bonds is 3. The number of carbonyl (C=O) groups is 2. The number of aryl methyl sites for hydroxylation is 1. The van der Waals surface area contributed by atoms with Crippen LogP contribution in [0, 0.1) is 6.92 Å². The normalized spacial score (nSPS) is 10.9. The number of nitrogens with zero attached hydrogens (tertiary/aromatic N) is 2. The predicted molar refractivity (Wildman–Crippen MR) is 123 cm³/mol. The van der Waals surface area contributed by atoms with Gasteiger partial charge >= 0.3 is 0 Å². The summed E-state index contributed by atoms with van der Waals surface area (Å²) < 4.78 is 0. The summed E-state index contributed by atoms with van der Waals surface area (Å²) in [6, 6.07) is 24.4. The van der Waals surface area contributed by atoms with Crippen LogP contribution in [0.3, 0.4) is 0 Å². The molecule has 0 radical (unpaired) electrons. The van der Waals surface area contributed by atoms with Crippen LogP contribution >= 0.6 is 0 Å². The molecule has 0 unspecified atom stereocenters. The van der Waals surface area contributed by atoms with Crippen molar-refractivity contribution in [2.24, 2.45) is 0 Å². The van der Waals surface area contributed by atoms with Gasteiger partial charge in [0.2, 0.25) is 0 Å². The number of benzene rings is 3. The topological polar surface area (TPSA) is 99.8 Å². The number of pyridine rings is 1. The number of amides is 2. The molecule has 0 atom stereocenters. The van der Waals surface area contributed by atoms with Crippen LogP contribution < -0.4 is 10.9 Å². The number of hydrogen-bond donors (Lipinski definition) is 3. The fraction of sp³-hybridized carbons (Fsp3) is 0.0400. The van der Waals surface area contributed by atoms with Crippen molar-refractivity contribution in [3.8, 4) is 11.3 Å². The lowest BCUT2D eigenvalue weighted by Crippen LogP contribution is -2.42. The number of fused-ring (bicyclic) bond motifs is 2. The Hall–Kier alpha value is -4.52. The molecule has 0 aliphatic rings. The molecule has 7 nitrogen and oxygen atoms in total. The van der Waals surface area contributed by atoms with Crippen LogP contribution in [0.1, 0.15) is 26.4 Å². The molecule has 0 fully saturated rings. The molecule has 156 valence electrons. The Morgan fingerprint density at radius 2 is 1.50 bits per heavy atom. The summed E-state index contributed by atoms with van der Waals surface area (Å²) in [4.78, 5) is 30.4. The molecule has 0 saturated heterocycles. The SMILES string of the molecule is Cc1ccc(-c2cc(C(=O)NNC(=O)c3n[nH]c4ccccc34)c3ccccc3n2)cc1. The van der Waals surface area contributed by atoms with Gasteiger partial charge in [0.25, 0.3) is 11.8 Å². The molecule has 2 amide bonds. The van der Waals surface area contributed by atoms with Gasteiger partial charge in [0.15, 0.2) is 5.69 Å². The van der Waals surface area contributed by atoms with E-state index >= 15 is 0 Å². The van der Waals surface area contributed by atoms with Gasteiger partial charge in [0.1, 0.15) is 0 Å². The third kappa shape index (κ3) is 3.56. The van der Waals surface area contributed by atoms with Crippen molar-refractivity contribution in [3.05, 3.63) is 95.7 Å². The van der Waals surface area contributed by atoms with E-state index < -0.39 is 11.8 Å². The van der Waals surface area contributed by atoms with Gasteiger partial charge in [-0.15, -0.1) is 0 Å². The van der Waals surface area contributed by atoms with Gasteiger partial charge in [-0.2, -0.15) is 5.10 Å². The minimum atomic E-state index is -0.507. The highest BCUT2D eigenvalue weighted by molar-refractivity contribution is 6.09.